The van der Waals surface area contributed by atoms with Gasteiger partial charge in [-0.1, -0.05) is 30.2 Å². The van der Waals surface area contributed by atoms with E-state index in [-0.39, 0.29) is 0 Å². The molecule has 1 aromatic rings. The quantitative estimate of drug-likeness (QED) is 0.912. The lowest BCUT2D eigenvalue weighted by atomic mass is 10.0. The SMILES string of the molecule is O=C(O)C(Cc1ccc(Cl)cc1)N1CCCCC1. The molecule has 2 rings (SSSR count). The Balaban J connectivity index is 2.05. The number of hydrogen-bond acceptors (Lipinski definition) is 2. The van der Waals surface area contributed by atoms with Crippen molar-refractivity contribution in [1.82, 2.24) is 4.90 Å². The minimum atomic E-state index is -0.730. The van der Waals surface area contributed by atoms with Crippen molar-refractivity contribution >= 4 is 17.6 Å². The number of likely N-dealkylation sites (tertiary alicyclic amines) is 1. The number of carboxylic acid groups (broad SMARTS) is 1. The number of nitrogens with zero attached hydrogens (tertiary/aromatic N) is 1. The van der Waals surface area contributed by atoms with Crippen LogP contribution in [0.3, 0.4) is 0 Å². The molecule has 1 aromatic carbocycles. The number of aliphatic carboxylic acids is 1. The van der Waals surface area contributed by atoms with E-state index >= 15 is 0 Å². The molecule has 3 nitrogen and oxygen atoms in total. The van der Waals surface area contributed by atoms with Crippen LogP contribution >= 0.6 is 11.6 Å². The van der Waals surface area contributed by atoms with Crippen molar-refractivity contribution in [2.45, 2.75) is 31.7 Å². The number of halogens is 1. The van der Waals surface area contributed by atoms with Gasteiger partial charge in [0, 0.05) is 5.02 Å². The zero-order chi connectivity index (χ0) is 13.0. The minimum Gasteiger partial charge on any atom is -0.480 e. The summed E-state index contributed by atoms with van der Waals surface area (Å²) < 4.78 is 0. The summed E-state index contributed by atoms with van der Waals surface area (Å²) in [4.78, 5) is 13.5. The second-order valence-corrected chi connectivity index (χ2v) is 5.22. The summed E-state index contributed by atoms with van der Waals surface area (Å²) in [6, 6.07) is 7.02. The zero-order valence-electron chi connectivity index (χ0n) is 10.3. The molecule has 0 amide bonds. The first-order chi connectivity index (χ1) is 8.66. The summed E-state index contributed by atoms with van der Waals surface area (Å²) in [6.45, 7) is 1.79. The minimum absolute atomic E-state index is 0.411. The molecule has 1 N–H and O–H groups in total. The maximum absolute atomic E-state index is 11.4. The predicted octanol–water partition coefficient (Wildman–Crippen LogP) is 2.82. The van der Waals surface area contributed by atoms with Gasteiger partial charge in [0.1, 0.15) is 6.04 Å². The van der Waals surface area contributed by atoms with Gasteiger partial charge >= 0.3 is 5.97 Å². The molecule has 0 aromatic heterocycles. The van der Waals surface area contributed by atoms with Gasteiger partial charge in [-0.2, -0.15) is 0 Å². The largest absolute Gasteiger partial charge is 0.480 e. The average molecular weight is 268 g/mol. The number of rotatable bonds is 4. The normalized spacial score (nSPS) is 18.5. The van der Waals surface area contributed by atoms with Crippen LogP contribution in [0.5, 0.6) is 0 Å². The van der Waals surface area contributed by atoms with Gasteiger partial charge in [0.2, 0.25) is 0 Å². The fourth-order valence-electron chi connectivity index (χ4n) is 2.45. The standard InChI is InChI=1S/C14H18ClNO2/c15-12-6-4-11(5-7-12)10-13(14(17)18)16-8-2-1-3-9-16/h4-7,13H,1-3,8-10H2,(H,17,18). The Hall–Kier alpha value is -1.06. The molecule has 0 aliphatic carbocycles. The van der Waals surface area contributed by atoms with E-state index in [9.17, 15) is 9.90 Å². The number of carbonyl (C=O) groups is 1. The van der Waals surface area contributed by atoms with Crippen molar-refractivity contribution in [2.24, 2.45) is 0 Å². The predicted molar refractivity (Wildman–Crippen MR) is 72.0 cm³/mol. The Morgan fingerprint density at radius 3 is 2.39 bits per heavy atom. The lowest BCUT2D eigenvalue weighted by Gasteiger charge is -2.32. The molecule has 1 aliphatic rings. The molecule has 0 bridgehead atoms. The van der Waals surface area contributed by atoms with Crippen LogP contribution in [0.4, 0.5) is 0 Å². The summed E-state index contributed by atoms with van der Waals surface area (Å²) in [6.07, 6.45) is 3.96. The van der Waals surface area contributed by atoms with E-state index in [1.807, 2.05) is 24.3 Å². The number of piperidine rings is 1. The summed E-state index contributed by atoms with van der Waals surface area (Å²) in [5, 5.41) is 10.1. The smallest absolute Gasteiger partial charge is 0.321 e. The number of carboxylic acids is 1. The molecular weight excluding hydrogens is 250 g/mol. The fraction of sp³-hybridized carbons (Fsp3) is 0.500. The Morgan fingerprint density at radius 1 is 1.22 bits per heavy atom. The second-order valence-electron chi connectivity index (χ2n) is 4.78. The first-order valence-corrected chi connectivity index (χ1v) is 6.76. The van der Waals surface area contributed by atoms with E-state index in [2.05, 4.69) is 4.90 Å². The Kier molecular flexibility index (Phi) is 4.61. The van der Waals surface area contributed by atoms with Crippen molar-refractivity contribution in [3.63, 3.8) is 0 Å². The molecule has 1 aliphatic heterocycles. The number of benzene rings is 1. The molecule has 1 saturated heterocycles. The zero-order valence-corrected chi connectivity index (χ0v) is 11.1. The molecule has 0 radical (unpaired) electrons. The number of hydrogen-bond donors (Lipinski definition) is 1. The molecule has 0 saturated carbocycles. The highest BCUT2D eigenvalue weighted by Gasteiger charge is 2.26. The third-order valence-electron chi connectivity index (χ3n) is 3.46. The van der Waals surface area contributed by atoms with E-state index in [4.69, 9.17) is 11.6 Å². The third kappa shape index (κ3) is 3.47. The van der Waals surface area contributed by atoms with Gasteiger partial charge in [-0.25, -0.2) is 0 Å². The molecule has 1 fully saturated rings. The topological polar surface area (TPSA) is 40.5 Å². The van der Waals surface area contributed by atoms with E-state index in [0.29, 0.717) is 11.4 Å². The Labute approximate surface area is 112 Å². The van der Waals surface area contributed by atoms with Gasteiger partial charge in [0.05, 0.1) is 0 Å². The first kappa shape index (κ1) is 13.4. The third-order valence-corrected chi connectivity index (χ3v) is 3.71. The van der Waals surface area contributed by atoms with E-state index in [1.165, 1.54) is 6.42 Å². The van der Waals surface area contributed by atoms with E-state index in [0.717, 1.165) is 31.5 Å². The monoisotopic (exact) mass is 267 g/mol. The van der Waals surface area contributed by atoms with Crippen molar-refractivity contribution in [3.8, 4) is 0 Å². The van der Waals surface area contributed by atoms with Gasteiger partial charge < -0.3 is 5.11 Å². The summed E-state index contributed by atoms with van der Waals surface area (Å²) in [5.41, 5.74) is 1.03. The van der Waals surface area contributed by atoms with Gasteiger partial charge in [-0.15, -0.1) is 0 Å². The molecule has 1 heterocycles. The van der Waals surface area contributed by atoms with Crippen LogP contribution in [0.15, 0.2) is 24.3 Å². The van der Waals surface area contributed by atoms with Gasteiger partial charge in [0.25, 0.3) is 0 Å². The molecular formula is C14H18ClNO2. The van der Waals surface area contributed by atoms with Gasteiger partial charge in [0.15, 0.2) is 0 Å². The Morgan fingerprint density at radius 2 is 1.83 bits per heavy atom. The second kappa shape index (κ2) is 6.21. The van der Waals surface area contributed by atoms with E-state index in [1.54, 1.807) is 0 Å². The van der Waals surface area contributed by atoms with Crippen molar-refractivity contribution in [3.05, 3.63) is 34.9 Å². The van der Waals surface area contributed by atoms with Crippen LogP contribution in [0, 0.1) is 0 Å². The van der Waals surface area contributed by atoms with Crippen LogP contribution in [0.25, 0.3) is 0 Å². The lowest BCUT2D eigenvalue weighted by Crippen LogP contribution is -2.45. The highest BCUT2D eigenvalue weighted by molar-refractivity contribution is 6.30. The first-order valence-electron chi connectivity index (χ1n) is 6.38. The fourth-order valence-corrected chi connectivity index (χ4v) is 2.57. The maximum atomic E-state index is 11.4. The highest BCUT2D eigenvalue weighted by atomic mass is 35.5. The average Bonchev–Trinajstić information content (AvgIpc) is 2.38. The van der Waals surface area contributed by atoms with Crippen molar-refractivity contribution in [2.75, 3.05) is 13.1 Å². The van der Waals surface area contributed by atoms with E-state index < -0.39 is 12.0 Å². The highest BCUT2D eigenvalue weighted by Crippen LogP contribution is 2.17. The van der Waals surface area contributed by atoms with Crippen LogP contribution in [0.1, 0.15) is 24.8 Å². The summed E-state index contributed by atoms with van der Waals surface area (Å²) >= 11 is 5.83. The molecule has 4 heteroatoms. The van der Waals surface area contributed by atoms with Gasteiger partial charge in [-0.05, 0) is 50.0 Å². The van der Waals surface area contributed by atoms with Crippen molar-refractivity contribution in [1.29, 1.82) is 0 Å². The molecule has 1 unspecified atom stereocenters. The Bertz CT molecular complexity index is 399. The van der Waals surface area contributed by atoms with Crippen LogP contribution < -0.4 is 0 Å². The molecule has 18 heavy (non-hydrogen) atoms. The molecule has 98 valence electrons. The summed E-state index contributed by atoms with van der Waals surface area (Å²) in [7, 11) is 0. The molecule has 0 spiro atoms. The van der Waals surface area contributed by atoms with Gasteiger partial charge in [-0.3, -0.25) is 9.69 Å². The maximum Gasteiger partial charge on any atom is 0.321 e. The lowest BCUT2D eigenvalue weighted by molar-refractivity contribution is -0.143. The van der Waals surface area contributed by atoms with Crippen LogP contribution in [-0.2, 0) is 11.2 Å². The van der Waals surface area contributed by atoms with Crippen LogP contribution in [-0.4, -0.2) is 35.1 Å². The molecule has 1 atom stereocenters. The van der Waals surface area contributed by atoms with Crippen molar-refractivity contribution < 1.29 is 9.90 Å². The summed E-state index contributed by atoms with van der Waals surface area (Å²) in [5.74, 6) is -0.730. The van der Waals surface area contributed by atoms with Crippen LogP contribution in [0.2, 0.25) is 5.02 Å².